The Morgan fingerprint density at radius 1 is 0.259 bits per heavy atom. The lowest BCUT2D eigenvalue weighted by molar-refractivity contribution is 1.19. The zero-order valence-corrected chi connectivity index (χ0v) is 30.8. The molecule has 8 aromatic rings. The molecule has 6 aromatic carbocycles. The fourth-order valence-corrected chi connectivity index (χ4v) is 8.11. The molecular formula is C36H4B20N2. The Bertz CT molecular complexity index is 3130. The molecule has 0 spiro atoms. The number of benzene rings is 6. The topological polar surface area (TPSA) is 9.86 Å². The molecule has 0 N–H and O–H groups in total. The van der Waals surface area contributed by atoms with E-state index in [1.807, 2.05) is 0 Å². The zero-order chi connectivity index (χ0) is 42.5. The number of aromatic nitrogens is 2. The van der Waals surface area contributed by atoms with Crippen molar-refractivity contribution in [1.82, 2.24) is 9.13 Å². The normalized spacial score (nSPS) is 11.8. The van der Waals surface area contributed by atoms with Gasteiger partial charge in [-0.15, -0.1) is 49.2 Å². The van der Waals surface area contributed by atoms with Crippen molar-refractivity contribution in [2.45, 2.75) is 0 Å². The lowest BCUT2D eigenvalue weighted by Crippen LogP contribution is -2.55. The summed E-state index contributed by atoms with van der Waals surface area (Å²) in [5.41, 5.74) is 1.72. The van der Waals surface area contributed by atoms with Crippen LogP contribution in [-0.4, -0.2) is 166 Å². The van der Waals surface area contributed by atoms with E-state index in [0.717, 1.165) is 0 Å². The molecule has 0 atom stereocenters. The minimum Gasteiger partial charge on any atom is -0.312 e. The van der Waals surface area contributed by atoms with Crippen LogP contribution in [0.15, 0.2) is 24.3 Å². The molecule has 2 aromatic heterocycles. The highest BCUT2D eigenvalue weighted by Crippen LogP contribution is 2.34. The molecule has 58 heavy (non-hydrogen) atoms. The van der Waals surface area contributed by atoms with E-state index in [0.29, 0.717) is 11.3 Å². The molecule has 0 saturated carbocycles. The zero-order valence-electron chi connectivity index (χ0n) is 30.8. The summed E-state index contributed by atoms with van der Waals surface area (Å²) in [6.45, 7) is 0. The van der Waals surface area contributed by atoms with Crippen LogP contribution < -0.4 is 109 Å². The largest absolute Gasteiger partial charge is 0.312 e. The van der Waals surface area contributed by atoms with Crippen LogP contribution in [0.4, 0.5) is 0 Å². The first-order valence-electron chi connectivity index (χ1n) is 17.2. The SMILES string of the molecule is [B]c1c([B])c([B])c(-c2ccccc2-n2c3c([B])c([B])c([B])c([B])c3c3c([B])c(-n4c5c([B])c([B])c([B])c([B])c5c5c([B])c([B])c([B])c([B])c54)c([B])c([B])c32)c([B])c1[B]. The van der Waals surface area contributed by atoms with Crippen LogP contribution in [0, 0.1) is 0 Å². The number of fused-ring (bicyclic) bond motifs is 6. The molecule has 0 aliphatic heterocycles. The van der Waals surface area contributed by atoms with Gasteiger partial charge in [-0.1, -0.05) is 78.3 Å². The van der Waals surface area contributed by atoms with Gasteiger partial charge in [0.1, 0.15) is 157 Å². The Hall–Kier alpha value is -3.78. The maximum atomic E-state index is 7.31. The van der Waals surface area contributed by atoms with Gasteiger partial charge in [0.2, 0.25) is 0 Å². The molecule has 0 amide bonds. The summed E-state index contributed by atoms with van der Waals surface area (Å²) in [4.78, 5) is 0. The predicted molar refractivity (Wildman–Crippen MR) is 268 cm³/mol. The van der Waals surface area contributed by atoms with Gasteiger partial charge in [-0.05, 0) is 27.8 Å². The first-order chi connectivity index (χ1) is 27.2. The quantitative estimate of drug-likeness (QED) is 0.164. The van der Waals surface area contributed by atoms with Crippen molar-refractivity contribution in [2.24, 2.45) is 0 Å². The van der Waals surface area contributed by atoms with Crippen LogP contribution in [0.5, 0.6) is 0 Å². The van der Waals surface area contributed by atoms with Gasteiger partial charge in [0.05, 0.1) is 5.69 Å². The molecule has 0 bridgehead atoms. The van der Waals surface area contributed by atoms with Crippen LogP contribution in [0.2, 0.25) is 0 Å². The van der Waals surface area contributed by atoms with E-state index < -0.39 is 0 Å². The van der Waals surface area contributed by atoms with E-state index in [1.165, 1.54) is 4.57 Å². The molecule has 0 aliphatic carbocycles. The summed E-state index contributed by atoms with van der Waals surface area (Å²) < 4.78 is 3.17. The van der Waals surface area contributed by atoms with Gasteiger partial charge in [-0.2, -0.15) is 0 Å². The highest BCUT2D eigenvalue weighted by Gasteiger charge is 2.29. The molecular weight excluding hydrogens is 677 g/mol. The van der Waals surface area contributed by atoms with Crippen molar-refractivity contribution in [3.8, 4) is 22.5 Å². The third-order valence-electron chi connectivity index (χ3n) is 11.2. The van der Waals surface area contributed by atoms with E-state index in [9.17, 15) is 0 Å². The van der Waals surface area contributed by atoms with Gasteiger partial charge in [-0.25, -0.2) is 0 Å². The van der Waals surface area contributed by atoms with E-state index in [2.05, 4.69) is 0 Å². The van der Waals surface area contributed by atoms with Crippen LogP contribution in [0.25, 0.3) is 66.1 Å². The van der Waals surface area contributed by atoms with Crippen molar-refractivity contribution in [1.29, 1.82) is 0 Å². The molecule has 218 valence electrons. The van der Waals surface area contributed by atoms with Crippen molar-refractivity contribution in [3.63, 3.8) is 0 Å². The predicted octanol–water partition coefficient (Wildman–Crippen LogP) is -14.6. The first-order valence-corrected chi connectivity index (χ1v) is 17.2. The van der Waals surface area contributed by atoms with Gasteiger partial charge in [0, 0.05) is 38.7 Å². The third-order valence-corrected chi connectivity index (χ3v) is 11.2. The second kappa shape index (κ2) is 13.9. The summed E-state index contributed by atoms with van der Waals surface area (Å²) in [5, 5.41) is 0.938. The monoisotopic (exact) mass is 684 g/mol. The van der Waals surface area contributed by atoms with Crippen LogP contribution in [-0.2, 0) is 0 Å². The average molecular weight is 681 g/mol. The Labute approximate surface area is 363 Å². The Balaban J connectivity index is 1.66. The fraction of sp³-hybridized carbons (Fsp3) is 0. The van der Waals surface area contributed by atoms with Crippen LogP contribution in [0.3, 0.4) is 0 Å². The van der Waals surface area contributed by atoms with Crippen molar-refractivity contribution in [2.75, 3.05) is 0 Å². The van der Waals surface area contributed by atoms with Gasteiger partial charge < -0.3 is 9.13 Å². The minimum absolute atomic E-state index is 0.00790. The van der Waals surface area contributed by atoms with Crippen molar-refractivity contribution < 1.29 is 0 Å². The minimum atomic E-state index is -0.0924. The molecule has 2 nitrogen and oxygen atoms in total. The number of para-hydroxylation sites is 1. The summed E-state index contributed by atoms with van der Waals surface area (Å²) in [6.07, 6.45) is 0. The second-order valence-electron chi connectivity index (χ2n) is 14.1. The molecule has 22 heteroatoms. The molecule has 2 heterocycles. The standard InChI is InChI=1S/C36H4B20N2/c37-12-7(13(38)19(44)23(48)18(12)43)5-3-1-2-4-6(5)57-32-10(16(41)22(47)24(49)27(32)52)11-17(42)36(31(56)30(55)33(11)57)58-34-8(14(39)20(45)25(50)28(34)53)9-15(40)21(46)26(51)29(54)35(9)58/h1-4H. The second-order valence-corrected chi connectivity index (χ2v) is 14.1. The van der Waals surface area contributed by atoms with E-state index in [4.69, 9.17) is 157 Å². The molecule has 40 radical (unpaired) electrons. The maximum absolute atomic E-state index is 7.31. The Morgan fingerprint density at radius 3 is 0.966 bits per heavy atom. The highest BCUT2D eigenvalue weighted by molar-refractivity contribution is 6.74. The molecule has 0 fully saturated rings. The number of hydrogen-bond acceptors (Lipinski definition) is 0. The first kappa shape index (κ1) is 41.0. The van der Waals surface area contributed by atoms with Crippen LogP contribution >= 0.6 is 0 Å². The number of hydrogen-bond donors (Lipinski definition) is 0. The third kappa shape index (κ3) is 5.14. The van der Waals surface area contributed by atoms with E-state index >= 15 is 0 Å². The smallest absolute Gasteiger partial charge is 0.117 e. The van der Waals surface area contributed by atoms with Gasteiger partial charge in [0.15, 0.2) is 0 Å². The Morgan fingerprint density at radius 2 is 0.552 bits per heavy atom. The fourth-order valence-electron chi connectivity index (χ4n) is 8.11. The lowest BCUT2D eigenvalue weighted by atomic mass is 9.59. The molecule has 0 unspecified atom stereocenters. The summed E-state index contributed by atoms with van der Waals surface area (Å²) in [5.74, 6) is 0. The molecule has 0 saturated heterocycles. The summed E-state index contributed by atoms with van der Waals surface area (Å²) in [7, 11) is 133. The van der Waals surface area contributed by atoms with Gasteiger partial charge in [0.25, 0.3) is 0 Å². The average Bonchev–Trinajstić information content (AvgIpc) is 3.75. The van der Waals surface area contributed by atoms with Crippen LogP contribution in [0.1, 0.15) is 0 Å². The lowest BCUT2D eigenvalue weighted by Gasteiger charge is -2.25. The molecule has 8 rings (SSSR count). The van der Waals surface area contributed by atoms with Crippen molar-refractivity contribution in [3.05, 3.63) is 24.3 Å². The highest BCUT2D eigenvalue weighted by atomic mass is 15.0. The van der Waals surface area contributed by atoms with Gasteiger partial charge >= 0.3 is 0 Å². The molecule has 0 aliphatic rings. The van der Waals surface area contributed by atoms with Crippen molar-refractivity contribution >= 4 is 310 Å². The van der Waals surface area contributed by atoms with E-state index in [-0.39, 0.29) is 164 Å². The van der Waals surface area contributed by atoms with E-state index in [1.54, 1.807) is 28.8 Å². The number of rotatable bonds is 3. The van der Waals surface area contributed by atoms with Gasteiger partial charge in [-0.3, -0.25) is 0 Å². The summed E-state index contributed by atoms with van der Waals surface area (Å²) in [6, 6.07) is 6.95. The Kier molecular flexibility index (Phi) is 9.81. The maximum Gasteiger partial charge on any atom is 0.117 e. The summed E-state index contributed by atoms with van der Waals surface area (Å²) >= 11 is 0. The number of nitrogens with zero attached hydrogens (tertiary/aromatic N) is 2.